The van der Waals surface area contributed by atoms with Crippen LogP contribution < -0.4 is 5.32 Å². The molecule has 0 aromatic carbocycles. The minimum absolute atomic E-state index is 0.169. The summed E-state index contributed by atoms with van der Waals surface area (Å²) < 4.78 is 3.20. The molecule has 0 saturated heterocycles. The third-order valence-electron chi connectivity index (χ3n) is 5.47. The van der Waals surface area contributed by atoms with Gasteiger partial charge in [0, 0.05) is 30.3 Å². The summed E-state index contributed by atoms with van der Waals surface area (Å²) >= 11 is 12.4. The fourth-order valence-electron chi connectivity index (χ4n) is 4.13. The van der Waals surface area contributed by atoms with E-state index in [-0.39, 0.29) is 11.3 Å². The number of amides is 1. The number of aryl methyl sites for hydroxylation is 1. The van der Waals surface area contributed by atoms with Gasteiger partial charge in [-0.2, -0.15) is 5.10 Å². The van der Waals surface area contributed by atoms with Gasteiger partial charge in [0.1, 0.15) is 5.69 Å². The largest absolute Gasteiger partial charge is 0.324 e. The van der Waals surface area contributed by atoms with Gasteiger partial charge >= 0.3 is 0 Å². The molecule has 12 heteroatoms. The Morgan fingerprint density at radius 3 is 2.74 bits per heavy atom. The van der Waals surface area contributed by atoms with Gasteiger partial charge in [0.15, 0.2) is 10.8 Å². The molecule has 10 nitrogen and oxygen atoms in total. The highest BCUT2D eigenvalue weighted by Gasteiger charge is 2.43. The standard InChI is InChI=1S/C19H17Cl2N9O/c1-19(2)6-10(11-8-22-14-5-13(21)26-30(14)16(11)19)18(31)24-9-4-12(20)15(23-7-9)17-25-27-28-29(17)3/h4-5,7-8,10H,6H2,1-3H3,(H,24,31)/t10-/m0/s1. The van der Waals surface area contributed by atoms with Gasteiger partial charge < -0.3 is 5.32 Å². The van der Waals surface area contributed by atoms with Crippen LogP contribution in [0.3, 0.4) is 0 Å². The number of hydrogen-bond acceptors (Lipinski definition) is 7. The Morgan fingerprint density at radius 2 is 2.03 bits per heavy atom. The van der Waals surface area contributed by atoms with Crippen molar-refractivity contribution in [2.45, 2.75) is 31.6 Å². The van der Waals surface area contributed by atoms with Gasteiger partial charge in [-0.3, -0.25) is 4.79 Å². The Kier molecular flexibility index (Phi) is 4.45. The summed E-state index contributed by atoms with van der Waals surface area (Å²) in [6.07, 6.45) is 3.87. The Balaban J connectivity index is 1.45. The van der Waals surface area contributed by atoms with E-state index in [2.05, 4.69) is 49.8 Å². The van der Waals surface area contributed by atoms with Crippen LogP contribution in [-0.2, 0) is 17.3 Å². The van der Waals surface area contributed by atoms with Crippen LogP contribution in [0.4, 0.5) is 5.69 Å². The third-order valence-corrected chi connectivity index (χ3v) is 5.94. The first-order valence-corrected chi connectivity index (χ1v) is 10.2. The number of nitrogens with zero attached hydrogens (tertiary/aromatic N) is 8. The lowest BCUT2D eigenvalue weighted by atomic mass is 9.88. The molecular formula is C19H17Cl2N9O. The molecule has 0 bridgehead atoms. The zero-order valence-corrected chi connectivity index (χ0v) is 18.3. The van der Waals surface area contributed by atoms with Crippen molar-refractivity contribution in [3.63, 3.8) is 0 Å². The molecule has 0 radical (unpaired) electrons. The van der Waals surface area contributed by atoms with Crippen molar-refractivity contribution in [1.82, 2.24) is 39.8 Å². The first-order valence-electron chi connectivity index (χ1n) is 9.48. The molecule has 1 aliphatic rings. The monoisotopic (exact) mass is 457 g/mol. The molecule has 0 saturated carbocycles. The third kappa shape index (κ3) is 3.22. The topological polar surface area (TPSA) is 116 Å². The number of nitrogens with one attached hydrogen (secondary N) is 1. The fraction of sp³-hybridized carbons (Fsp3) is 0.316. The normalized spacial score (nSPS) is 17.1. The minimum atomic E-state index is -0.397. The molecule has 4 aromatic rings. The molecule has 4 aromatic heterocycles. The summed E-state index contributed by atoms with van der Waals surface area (Å²) in [6, 6.07) is 3.33. The van der Waals surface area contributed by atoms with E-state index < -0.39 is 5.92 Å². The number of halogens is 2. The average Bonchev–Trinajstić information content (AvgIpc) is 3.36. The summed E-state index contributed by atoms with van der Waals surface area (Å²) in [6.45, 7) is 4.16. The van der Waals surface area contributed by atoms with Crippen LogP contribution in [0.15, 0.2) is 24.5 Å². The maximum atomic E-state index is 13.2. The van der Waals surface area contributed by atoms with Crippen LogP contribution in [0.5, 0.6) is 0 Å². The summed E-state index contributed by atoms with van der Waals surface area (Å²) in [5.41, 5.74) is 3.05. The Hall–Kier alpha value is -3.11. The average molecular weight is 458 g/mol. The molecule has 4 heterocycles. The lowest BCUT2D eigenvalue weighted by Gasteiger charge is -2.19. The van der Waals surface area contributed by atoms with E-state index in [1.54, 1.807) is 29.9 Å². The predicted molar refractivity (Wildman–Crippen MR) is 114 cm³/mol. The van der Waals surface area contributed by atoms with Crippen molar-refractivity contribution in [3.05, 3.63) is 46.0 Å². The maximum absolute atomic E-state index is 13.2. The highest BCUT2D eigenvalue weighted by molar-refractivity contribution is 6.33. The van der Waals surface area contributed by atoms with Crippen molar-refractivity contribution < 1.29 is 4.79 Å². The van der Waals surface area contributed by atoms with Gasteiger partial charge in [-0.1, -0.05) is 37.0 Å². The van der Waals surface area contributed by atoms with E-state index in [0.29, 0.717) is 39.4 Å². The molecule has 1 N–H and O–H groups in total. The number of hydrogen-bond donors (Lipinski definition) is 1. The molecule has 1 atom stereocenters. The number of anilines is 1. The lowest BCUT2D eigenvalue weighted by molar-refractivity contribution is -0.117. The first kappa shape index (κ1) is 19.8. The quantitative estimate of drug-likeness (QED) is 0.502. The summed E-state index contributed by atoms with van der Waals surface area (Å²) in [7, 11) is 1.69. The van der Waals surface area contributed by atoms with Gasteiger partial charge in [0.05, 0.1) is 28.5 Å². The molecular weight excluding hydrogens is 441 g/mol. The molecule has 5 rings (SSSR count). The zero-order valence-electron chi connectivity index (χ0n) is 16.8. The smallest absolute Gasteiger partial charge is 0.232 e. The van der Waals surface area contributed by atoms with E-state index >= 15 is 0 Å². The van der Waals surface area contributed by atoms with Crippen LogP contribution in [-0.4, -0.2) is 45.7 Å². The van der Waals surface area contributed by atoms with Crippen LogP contribution in [0, 0.1) is 0 Å². The molecule has 0 aliphatic heterocycles. The van der Waals surface area contributed by atoms with Crippen LogP contribution in [0.1, 0.15) is 37.4 Å². The maximum Gasteiger partial charge on any atom is 0.232 e. The number of rotatable bonds is 3. The number of fused-ring (bicyclic) bond motifs is 3. The van der Waals surface area contributed by atoms with Gasteiger partial charge in [-0.25, -0.2) is 19.2 Å². The number of carbonyl (C=O) groups excluding carboxylic acids is 1. The minimum Gasteiger partial charge on any atom is -0.324 e. The summed E-state index contributed by atoms with van der Waals surface area (Å²) in [5, 5.41) is 19.3. The fourth-order valence-corrected chi connectivity index (χ4v) is 4.56. The second-order valence-corrected chi connectivity index (χ2v) is 8.90. The van der Waals surface area contributed by atoms with Crippen molar-refractivity contribution in [2.24, 2.45) is 7.05 Å². The van der Waals surface area contributed by atoms with Crippen molar-refractivity contribution >= 4 is 40.4 Å². The summed E-state index contributed by atoms with van der Waals surface area (Å²) in [4.78, 5) is 21.9. The molecule has 1 aliphatic carbocycles. The molecule has 0 fully saturated rings. The van der Waals surface area contributed by atoms with Crippen molar-refractivity contribution in [1.29, 1.82) is 0 Å². The van der Waals surface area contributed by atoms with Gasteiger partial charge in [0.25, 0.3) is 0 Å². The van der Waals surface area contributed by atoms with Crippen molar-refractivity contribution in [2.75, 3.05) is 5.32 Å². The Labute approximate surface area is 186 Å². The second kappa shape index (κ2) is 6.96. The number of tetrazole rings is 1. The van der Waals surface area contributed by atoms with E-state index in [1.165, 1.54) is 10.9 Å². The van der Waals surface area contributed by atoms with E-state index in [0.717, 1.165) is 11.3 Å². The van der Waals surface area contributed by atoms with Crippen LogP contribution in [0.25, 0.3) is 17.2 Å². The van der Waals surface area contributed by atoms with Gasteiger partial charge in [0.2, 0.25) is 11.7 Å². The van der Waals surface area contributed by atoms with Crippen LogP contribution >= 0.6 is 23.2 Å². The highest BCUT2D eigenvalue weighted by atomic mass is 35.5. The van der Waals surface area contributed by atoms with E-state index in [9.17, 15) is 4.79 Å². The number of pyridine rings is 1. The molecule has 0 unspecified atom stereocenters. The van der Waals surface area contributed by atoms with Crippen molar-refractivity contribution in [3.8, 4) is 11.5 Å². The summed E-state index contributed by atoms with van der Waals surface area (Å²) in [5.74, 6) is -0.134. The molecule has 31 heavy (non-hydrogen) atoms. The van der Waals surface area contributed by atoms with Gasteiger partial charge in [-0.15, -0.1) is 5.10 Å². The lowest BCUT2D eigenvalue weighted by Crippen LogP contribution is -2.21. The predicted octanol–water partition coefficient (Wildman–Crippen LogP) is 3.03. The molecule has 0 spiro atoms. The highest BCUT2D eigenvalue weighted by Crippen LogP contribution is 2.46. The van der Waals surface area contributed by atoms with E-state index in [4.69, 9.17) is 23.2 Å². The van der Waals surface area contributed by atoms with Crippen LogP contribution in [0.2, 0.25) is 10.2 Å². The zero-order chi connectivity index (χ0) is 21.9. The second-order valence-electron chi connectivity index (χ2n) is 8.11. The van der Waals surface area contributed by atoms with E-state index in [1.807, 2.05) is 0 Å². The van der Waals surface area contributed by atoms with Gasteiger partial charge in [-0.05, 0) is 22.9 Å². The Morgan fingerprint density at radius 1 is 1.23 bits per heavy atom. The number of carbonyl (C=O) groups is 1. The Bertz CT molecular complexity index is 1340. The molecule has 158 valence electrons. The molecule has 1 amide bonds. The number of aromatic nitrogens is 8. The SMILES string of the molecule is Cn1nnnc1-c1ncc(NC(=O)[C@H]2CC(C)(C)c3c2cnc2cc(Cl)nn32)cc1Cl. The first-order chi connectivity index (χ1) is 14.7.